The van der Waals surface area contributed by atoms with Gasteiger partial charge in [0.1, 0.15) is 5.82 Å². The topological polar surface area (TPSA) is 93.7 Å². The number of H-pyrrole nitrogens is 1. The minimum atomic E-state index is -0.444. The molecule has 148 valence electrons. The summed E-state index contributed by atoms with van der Waals surface area (Å²) in [5.41, 5.74) is 0.00623. The zero-order valence-corrected chi connectivity index (χ0v) is 16.3. The van der Waals surface area contributed by atoms with Gasteiger partial charge in [0, 0.05) is 52.0 Å². The number of aromatic amines is 1. The first-order valence-corrected chi connectivity index (χ1v) is 9.94. The lowest BCUT2D eigenvalue weighted by molar-refractivity contribution is 0.458. The highest BCUT2D eigenvalue weighted by Crippen LogP contribution is 2.34. The van der Waals surface area contributed by atoms with Crippen molar-refractivity contribution in [3.63, 3.8) is 0 Å². The van der Waals surface area contributed by atoms with Crippen molar-refractivity contribution in [2.75, 3.05) is 18.0 Å². The van der Waals surface area contributed by atoms with Gasteiger partial charge in [0.05, 0.1) is 0 Å². The summed E-state index contributed by atoms with van der Waals surface area (Å²) in [6.45, 7) is 2.75. The fourth-order valence-electron chi connectivity index (χ4n) is 4.36. The number of anilines is 1. The van der Waals surface area contributed by atoms with Crippen LogP contribution in [0.2, 0.25) is 0 Å². The Morgan fingerprint density at radius 2 is 2.00 bits per heavy atom. The smallest absolute Gasteiger partial charge is 0.329 e. The summed E-state index contributed by atoms with van der Waals surface area (Å²) in [6.07, 6.45) is 8.78. The molecule has 0 aromatic carbocycles. The van der Waals surface area contributed by atoms with Gasteiger partial charge in [-0.2, -0.15) is 4.98 Å². The second-order valence-electron chi connectivity index (χ2n) is 8.13. The minimum absolute atomic E-state index is 0.337. The molecule has 0 amide bonds. The third-order valence-corrected chi connectivity index (χ3v) is 6.08. The van der Waals surface area contributed by atoms with Crippen molar-refractivity contribution < 1.29 is 0 Å². The minimum Gasteiger partial charge on any atom is -0.341 e. The van der Waals surface area contributed by atoms with Gasteiger partial charge in [0.25, 0.3) is 5.56 Å². The Balaban J connectivity index is 1.49. The molecule has 1 saturated carbocycles. The first kappa shape index (κ1) is 17.3. The van der Waals surface area contributed by atoms with Gasteiger partial charge in [-0.3, -0.25) is 14.3 Å². The van der Waals surface area contributed by atoms with Crippen molar-refractivity contribution >= 4 is 17.1 Å². The number of rotatable bonds is 4. The molecule has 1 unspecified atom stereocenters. The van der Waals surface area contributed by atoms with E-state index >= 15 is 0 Å². The van der Waals surface area contributed by atoms with Crippen LogP contribution in [0.25, 0.3) is 11.2 Å². The van der Waals surface area contributed by atoms with Crippen molar-refractivity contribution in [3.8, 4) is 0 Å². The summed E-state index contributed by atoms with van der Waals surface area (Å²) in [7, 11) is 3.47. The van der Waals surface area contributed by atoms with Crippen LogP contribution in [-0.2, 0) is 20.6 Å². The van der Waals surface area contributed by atoms with Gasteiger partial charge in [-0.15, -0.1) is 0 Å². The van der Waals surface area contributed by atoms with E-state index < -0.39 is 11.2 Å². The summed E-state index contributed by atoms with van der Waals surface area (Å²) < 4.78 is 5.51. The van der Waals surface area contributed by atoms with Gasteiger partial charge in [-0.05, 0) is 31.6 Å². The molecule has 9 nitrogen and oxygen atoms in total. The molecule has 5 rings (SSSR count). The van der Waals surface area contributed by atoms with Gasteiger partial charge in [-0.1, -0.05) is 0 Å². The maximum Gasteiger partial charge on any atom is 0.329 e. The highest BCUT2D eigenvalue weighted by Gasteiger charge is 2.30. The SMILES string of the molecule is Cn1c(N2CCCC(c3nccn3CC3CC3)C2)nc2c1c(=O)[nH]c(=O)n2C. The van der Waals surface area contributed by atoms with E-state index in [1.807, 2.05) is 13.2 Å². The Morgan fingerprint density at radius 1 is 1.18 bits per heavy atom. The van der Waals surface area contributed by atoms with Gasteiger partial charge < -0.3 is 14.0 Å². The fourth-order valence-corrected chi connectivity index (χ4v) is 4.36. The number of hydrogen-bond donors (Lipinski definition) is 1. The number of aryl methyl sites for hydroxylation is 2. The van der Waals surface area contributed by atoms with Gasteiger partial charge in [0.15, 0.2) is 11.2 Å². The number of aromatic nitrogens is 6. The summed E-state index contributed by atoms with van der Waals surface area (Å²) in [5.74, 6) is 3.03. The van der Waals surface area contributed by atoms with Crippen LogP contribution in [0.5, 0.6) is 0 Å². The molecule has 3 aromatic rings. The Morgan fingerprint density at radius 3 is 2.79 bits per heavy atom. The van der Waals surface area contributed by atoms with Crippen LogP contribution in [0.15, 0.2) is 22.0 Å². The Bertz CT molecular complexity index is 1150. The third kappa shape index (κ3) is 2.76. The van der Waals surface area contributed by atoms with Crippen LogP contribution in [0.1, 0.15) is 37.4 Å². The molecule has 1 N–H and O–H groups in total. The molecule has 1 atom stereocenters. The molecular formula is C19H25N7O2. The van der Waals surface area contributed by atoms with Crippen LogP contribution < -0.4 is 16.1 Å². The van der Waals surface area contributed by atoms with Crippen molar-refractivity contribution in [2.24, 2.45) is 20.0 Å². The maximum absolute atomic E-state index is 12.3. The van der Waals surface area contributed by atoms with E-state index in [-0.39, 0.29) is 0 Å². The maximum atomic E-state index is 12.3. The average molecular weight is 383 g/mol. The zero-order valence-electron chi connectivity index (χ0n) is 16.3. The monoisotopic (exact) mass is 383 g/mol. The average Bonchev–Trinajstić information content (AvgIpc) is 3.25. The van der Waals surface area contributed by atoms with Crippen LogP contribution in [0, 0.1) is 5.92 Å². The van der Waals surface area contributed by atoms with Crippen molar-refractivity contribution in [2.45, 2.75) is 38.1 Å². The molecule has 2 aliphatic rings. The Hall–Kier alpha value is -2.84. The number of nitrogens with zero attached hydrogens (tertiary/aromatic N) is 6. The summed E-state index contributed by atoms with van der Waals surface area (Å²) in [6, 6.07) is 0. The second-order valence-corrected chi connectivity index (χ2v) is 8.13. The van der Waals surface area contributed by atoms with Crippen LogP contribution in [-0.4, -0.2) is 41.7 Å². The van der Waals surface area contributed by atoms with Crippen molar-refractivity contribution in [1.29, 1.82) is 0 Å². The van der Waals surface area contributed by atoms with Crippen LogP contribution in [0.3, 0.4) is 0 Å². The molecule has 0 radical (unpaired) electrons. The summed E-state index contributed by atoms with van der Waals surface area (Å²) in [4.78, 5) is 38.1. The van der Waals surface area contributed by atoms with Gasteiger partial charge in [-0.25, -0.2) is 9.78 Å². The highest BCUT2D eigenvalue weighted by molar-refractivity contribution is 5.74. The zero-order chi connectivity index (χ0) is 19.4. The first-order chi connectivity index (χ1) is 13.5. The second kappa shape index (κ2) is 6.35. The predicted octanol–water partition coefficient (Wildman–Crippen LogP) is 0.951. The quantitative estimate of drug-likeness (QED) is 0.724. The largest absolute Gasteiger partial charge is 0.341 e. The number of nitrogens with one attached hydrogen (secondary N) is 1. The van der Waals surface area contributed by atoms with Crippen LogP contribution >= 0.6 is 0 Å². The summed E-state index contributed by atoms with van der Waals surface area (Å²) >= 11 is 0. The lowest BCUT2D eigenvalue weighted by Crippen LogP contribution is -2.37. The normalized spacial score (nSPS) is 20.2. The van der Waals surface area contributed by atoms with Crippen molar-refractivity contribution in [3.05, 3.63) is 39.1 Å². The Kier molecular flexibility index (Phi) is 3.92. The molecular weight excluding hydrogens is 358 g/mol. The van der Waals surface area contributed by atoms with Crippen molar-refractivity contribution in [1.82, 2.24) is 28.7 Å². The first-order valence-electron chi connectivity index (χ1n) is 9.94. The van der Waals surface area contributed by atoms with E-state index in [1.54, 1.807) is 11.6 Å². The molecule has 1 aliphatic heterocycles. The molecule has 9 heteroatoms. The molecule has 2 fully saturated rings. The van der Waals surface area contributed by atoms with E-state index in [0.717, 1.165) is 50.2 Å². The number of piperidine rings is 1. The van der Waals surface area contributed by atoms with E-state index in [1.165, 1.54) is 17.4 Å². The number of fused-ring (bicyclic) bond motifs is 1. The highest BCUT2D eigenvalue weighted by atomic mass is 16.2. The molecule has 1 saturated heterocycles. The van der Waals surface area contributed by atoms with E-state index in [9.17, 15) is 9.59 Å². The standard InChI is InChI=1S/C19H25N7O2/c1-23-14-16(24(2)19(28)22-17(14)27)21-18(23)26-8-3-4-13(11-26)15-20-7-9-25(15)10-12-5-6-12/h7,9,12-13H,3-6,8,10-11H2,1-2H3,(H,22,27,28). The van der Waals surface area contributed by atoms with E-state index in [0.29, 0.717) is 17.1 Å². The number of imidazole rings is 2. The van der Waals surface area contributed by atoms with E-state index in [2.05, 4.69) is 30.6 Å². The lowest BCUT2D eigenvalue weighted by atomic mass is 9.97. The molecule has 4 heterocycles. The van der Waals surface area contributed by atoms with Gasteiger partial charge >= 0.3 is 5.69 Å². The molecule has 3 aromatic heterocycles. The summed E-state index contributed by atoms with van der Waals surface area (Å²) in [5, 5.41) is 0. The van der Waals surface area contributed by atoms with Crippen LogP contribution in [0.4, 0.5) is 5.95 Å². The fraction of sp³-hybridized carbons (Fsp3) is 0.579. The lowest BCUT2D eigenvalue weighted by Gasteiger charge is -2.33. The predicted molar refractivity (Wildman–Crippen MR) is 106 cm³/mol. The van der Waals surface area contributed by atoms with E-state index in [4.69, 9.17) is 0 Å². The number of hydrogen-bond acceptors (Lipinski definition) is 5. The molecule has 28 heavy (non-hydrogen) atoms. The molecule has 0 bridgehead atoms. The van der Waals surface area contributed by atoms with Gasteiger partial charge in [0.2, 0.25) is 5.95 Å². The molecule has 0 spiro atoms. The Labute approximate surface area is 161 Å². The third-order valence-electron chi connectivity index (χ3n) is 6.08. The molecule has 1 aliphatic carbocycles.